The molecule has 0 unspecified atom stereocenters. The van der Waals surface area contributed by atoms with Crippen molar-refractivity contribution in [2.75, 3.05) is 0 Å². The van der Waals surface area contributed by atoms with Crippen molar-refractivity contribution in [3.63, 3.8) is 0 Å². The molecule has 0 N–H and O–H groups in total. The standard InChI is InChI=1S/C20H19ClN2O2/c1-12-11-17-18(14-8-4-6-10-16(14)22(17)2)19(20(12)23(24)25)13-7-3-5-9-15(13)21/h3-10,12,19-20H,11H2,1-2H3/t12-,19+,20-/m0/s1. The van der Waals surface area contributed by atoms with Crippen LogP contribution in [0.25, 0.3) is 10.9 Å². The average molecular weight is 355 g/mol. The summed E-state index contributed by atoms with van der Waals surface area (Å²) in [5, 5.41) is 13.6. The SMILES string of the molecule is C[C@H]1Cc2c(c3ccccc3n2C)[C@@H](c2ccccc2Cl)[C@H]1[N+](=O)[O-]. The van der Waals surface area contributed by atoms with Gasteiger partial charge in [0.1, 0.15) is 0 Å². The number of halogens is 1. The molecule has 25 heavy (non-hydrogen) atoms. The van der Waals surface area contributed by atoms with Crippen molar-refractivity contribution in [3.05, 3.63) is 80.5 Å². The Balaban J connectivity index is 2.08. The third-order valence-corrected chi connectivity index (χ3v) is 5.85. The summed E-state index contributed by atoms with van der Waals surface area (Å²) in [6.45, 7) is 1.97. The lowest BCUT2D eigenvalue weighted by Gasteiger charge is -2.32. The van der Waals surface area contributed by atoms with Gasteiger partial charge < -0.3 is 4.57 Å². The van der Waals surface area contributed by atoms with E-state index < -0.39 is 6.04 Å². The van der Waals surface area contributed by atoms with Gasteiger partial charge in [-0.3, -0.25) is 10.1 Å². The van der Waals surface area contributed by atoms with Gasteiger partial charge in [0.25, 0.3) is 0 Å². The van der Waals surface area contributed by atoms with E-state index in [-0.39, 0.29) is 16.8 Å². The smallest absolute Gasteiger partial charge is 0.226 e. The molecule has 2 aromatic carbocycles. The molecule has 0 fully saturated rings. The lowest BCUT2D eigenvalue weighted by molar-refractivity contribution is -0.535. The highest BCUT2D eigenvalue weighted by Crippen LogP contribution is 2.46. The van der Waals surface area contributed by atoms with E-state index in [1.54, 1.807) is 0 Å². The van der Waals surface area contributed by atoms with E-state index >= 15 is 0 Å². The van der Waals surface area contributed by atoms with Gasteiger partial charge in [-0.1, -0.05) is 54.9 Å². The molecule has 4 rings (SSSR count). The van der Waals surface area contributed by atoms with Crippen LogP contribution in [0.3, 0.4) is 0 Å². The normalized spacial score (nSPS) is 22.8. The first-order chi connectivity index (χ1) is 12.0. The number of aromatic nitrogens is 1. The van der Waals surface area contributed by atoms with Crippen molar-refractivity contribution in [3.8, 4) is 0 Å². The lowest BCUT2D eigenvalue weighted by atomic mass is 9.72. The summed E-state index contributed by atoms with van der Waals surface area (Å²) < 4.78 is 2.18. The van der Waals surface area contributed by atoms with Gasteiger partial charge in [-0.05, 0) is 29.7 Å². The van der Waals surface area contributed by atoms with Crippen LogP contribution in [0.2, 0.25) is 5.02 Å². The summed E-state index contributed by atoms with van der Waals surface area (Å²) in [4.78, 5) is 11.8. The highest BCUT2D eigenvalue weighted by atomic mass is 35.5. The van der Waals surface area contributed by atoms with Crippen LogP contribution in [0.5, 0.6) is 0 Å². The number of nitro groups is 1. The first-order valence-electron chi connectivity index (χ1n) is 8.44. The van der Waals surface area contributed by atoms with Gasteiger partial charge >= 0.3 is 0 Å². The first kappa shape index (κ1) is 16.2. The van der Waals surface area contributed by atoms with Crippen LogP contribution in [0.1, 0.15) is 29.7 Å². The van der Waals surface area contributed by atoms with Gasteiger partial charge in [-0.25, -0.2) is 0 Å². The molecule has 0 radical (unpaired) electrons. The number of para-hydroxylation sites is 1. The minimum Gasteiger partial charge on any atom is -0.347 e. The van der Waals surface area contributed by atoms with Crippen LogP contribution in [0, 0.1) is 16.0 Å². The van der Waals surface area contributed by atoms with Crippen molar-refractivity contribution in [2.45, 2.75) is 25.3 Å². The molecule has 5 heteroatoms. The predicted octanol–water partition coefficient (Wildman–Crippen LogP) is 4.80. The Kier molecular flexibility index (Phi) is 3.80. The van der Waals surface area contributed by atoms with E-state index in [4.69, 9.17) is 11.6 Å². The maximum absolute atomic E-state index is 12.0. The quantitative estimate of drug-likeness (QED) is 0.490. The number of rotatable bonds is 2. The Morgan fingerprint density at radius 1 is 1.16 bits per heavy atom. The second-order valence-electron chi connectivity index (χ2n) is 6.89. The molecular weight excluding hydrogens is 336 g/mol. The van der Waals surface area contributed by atoms with Crippen LogP contribution in [-0.4, -0.2) is 15.5 Å². The molecule has 0 spiro atoms. The van der Waals surface area contributed by atoms with Gasteiger partial charge in [0, 0.05) is 39.5 Å². The molecule has 0 saturated heterocycles. The Hall–Kier alpha value is -2.33. The molecule has 1 heterocycles. The van der Waals surface area contributed by atoms with Gasteiger partial charge in [0.15, 0.2) is 0 Å². The Labute approximate surface area is 151 Å². The summed E-state index contributed by atoms with van der Waals surface area (Å²) >= 11 is 6.47. The summed E-state index contributed by atoms with van der Waals surface area (Å²) in [5.74, 6) is -0.402. The van der Waals surface area contributed by atoms with Crippen LogP contribution in [0.15, 0.2) is 48.5 Å². The third-order valence-electron chi connectivity index (χ3n) is 5.51. The van der Waals surface area contributed by atoms with Gasteiger partial charge in [0.05, 0.1) is 5.92 Å². The van der Waals surface area contributed by atoms with Gasteiger partial charge in [-0.2, -0.15) is 0 Å². The fourth-order valence-electron chi connectivity index (χ4n) is 4.39. The number of hydrogen-bond acceptors (Lipinski definition) is 2. The predicted molar refractivity (Wildman–Crippen MR) is 99.9 cm³/mol. The van der Waals surface area contributed by atoms with Crippen molar-refractivity contribution in [2.24, 2.45) is 13.0 Å². The Morgan fingerprint density at radius 3 is 2.56 bits per heavy atom. The molecule has 3 aromatic rings. The second-order valence-corrected chi connectivity index (χ2v) is 7.30. The molecular formula is C20H19ClN2O2. The van der Waals surface area contributed by atoms with E-state index in [2.05, 4.69) is 16.7 Å². The first-order valence-corrected chi connectivity index (χ1v) is 8.82. The van der Waals surface area contributed by atoms with Crippen LogP contribution >= 0.6 is 11.6 Å². The van der Waals surface area contributed by atoms with Gasteiger partial charge in [-0.15, -0.1) is 0 Å². The van der Waals surface area contributed by atoms with Crippen LogP contribution < -0.4 is 0 Å². The molecule has 0 bridgehead atoms. The van der Waals surface area contributed by atoms with Gasteiger partial charge in [0.2, 0.25) is 6.04 Å². The lowest BCUT2D eigenvalue weighted by Crippen LogP contribution is -2.39. The highest BCUT2D eigenvalue weighted by Gasteiger charge is 2.46. The second kappa shape index (κ2) is 5.88. The van der Waals surface area contributed by atoms with Crippen molar-refractivity contribution in [1.82, 2.24) is 4.57 Å². The van der Waals surface area contributed by atoms with E-state index in [1.807, 2.05) is 50.4 Å². The van der Waals surface area contributed by atoms with E-state index in [0.717, 1.165) is 22.0 Å². The van der Waals surface area contributed by atoms with Crippen molar-refractivity contribution >= 4 is 22.5 Å². The largest absolute Gasteiger partial charge is 0.347 e. The van der Waals surface area contributed by atoms with E-state index in [9.17, 15) is 10.1 Å². The molecule has 3 atom stereocenters. The van der Waals surface area contributed by atoms with Crippen LogP contribution in [-0.2, 0) is 13.5 Å². The number of fused-ring (bicyclic) bond motifs is 3. The van der Waals surface area contributed by atoms with Crippen molar-refractivity contribution in [1.29, 1.82) is 0 Å². The fourth-order valence-corrected chi connectivity index (χ4v) is 4.64. The molecule has 0 amide bonds. The number of hydrogen-bond donors (Lipinski definition) is 0. The molecule has 128 valence electrons. The molecule has 4 nitrogen and oxygen atoms in total. The topological polar surface area (TPSA) is 48.1 Å². The molecule has 1 aliphatic carbocycles. The summed E-state index contributed by atoms with van der Waals surface area (Å²) in [5.41, 5.74) is 4.19. The number of nitrogens with zero attached hydrogens (tertiary/aromatic N) is 2. The van der Waals surface area contributed by atoms with Crippen molar-refractivity contribution < 1.29 is 4.92 Å². The Bertz CT molecular complexity index is 979. The summed E-state index contributed by atoms with van der Waals surface area (Å²) in [7, 11) is 2.05. The number of benzene rings is 2. The minimum atomic E-state index is -0.682. The molecule has 0 saturated carbocycles. The fraction of sp³-hybridized carbons (Fsp3) is 0.300. The zero-order valence-electron chi connectivity index (χ0n) is 14.1. The van der Waals surface area contributed by atoms with Crippen LogP contribution in [0.4, 0.5) is 0 Å². The third kappa shape index (κ3) is 2.35. The van der Waals surface area contributed by atoms with E-state index in [0.29, 0.717) is 11.4 Å². The summed E-state index contributed by atoms with van der Waals surface area (Å²) in [6.07, 6.45) is 0.702. The number of aryl methyl sites for hydroxylation is 1. The molecule has 1 aromatic heterocycles. The molecule has 1 aliphatic rings. The Morgan fingerprint density at radius 2 is 1.84 bits per heavy atom. The maximum Gasteiger partial charge on any atom is 0.226 e. The molecule has 0 aliphatic heterocycles. The zero-order chi connectivity index (χ0) is 17.7. The zero-order valence-corrected chi connectivity index (χ0v) is 14.9. The maximum atomic E-state index is 12.0. The monoisotopic (exact) mass is 354 g/mol. The minimum absolute atomic E-state index is 0.0632. The highest BCUT2D eigenvalue weighted by molar-refractivity contribution is 6.31. The average Bonchev–Trinajstić information content (AvgIpc) is 2.87. The van der Waals surface area contributed by atoms with E-state index in [1.165, 1.54) is 5.69 Å². The summed E-state index contributed by atoms with van der Waals surface area (Å²) in [6, 6.07) is 15.0.